The van der Waals surface area contributed by atoms with Crippen LogP contribution < -0.4 is 10.6 Å². The Kier molecular flexibility index (Phi) is 3.54. The number of nitrogens with one attached hydrogen (secondary N) is 1. The van der Waals surface area contributed by atoms with Gasteiger partial charge in [-0.25, -0.2) is 9.48 Å². The summed E-state index contributed by atoms with van der Waals surface area (Å²) in [6.07, 6.45) is 3.68. The quantitative estimate of drug-likeness (QED) is 0.840. The number of carbonyl (C=O) groups excluding carboxylic acids is 1. The molecule has 1 atom stereocenters. The maximum atomic E-state index is 12.7. The van der Waals surface area contributed by atoms with E-state index in [0.29, 0.717) is 17.2 Å². The minimum Gasteiger partial charge on any atom is -0.443 e. The number of carbonyl (C=O) groups is 1. The lowest BCUT2D eigenvalue weighted by atomic mass is 10.1. The molecule has 0 aliphatic carbocycles. The van der Waals surface area contributed by atoms with Crippen LogP contribution in [0.15, 0.2) is 12.4 Å². The molecule has 8 heteroatoms. The molecule has 124 valence electrons. The smallest absolute Gasteiger partial charge is 0.416 e. The van der Waals surface area contributed by atoms with Gasteiger partial charge in [0.05, 0.1) is 29.3 Å². The van der Waals surface area contributed by atoms with E-state index in [9.17, 15) is 4.79 Å². The van der Waals surface area contributed by atoms with Crippen molar-refractivity contribution in [2.45, 2.75) is 52.3 Å². The van der Waals surface area contributed by atoms with Gasteiger partial charge in [0, 0.05) is 12.6 Å². The number of aryl methyl sites for hydroxylation is 1. The summed E-state index contributed by atoms with van der Waals surface area (Å²) in [4.78, 5) is 14.3. The van der Waals surface area contributed by atoms with Gasteiger partial charge in [-0.2, -0.15) is 10.2 Å². The Balaban J connectivity index is 2.06. The van der Waals surface area contributed by atoms with Gasteiger partial charge >= 0.3 is 6.09 Å². The van der Waals surface area contributed by atoms with Crippen molar-refractivity contribution in [3.8, 4) is 11.3 Å². The summed E-state index contributed by atoms with van der Waals surface area (Å²) in [7, 11) is 0. The molecule has 2 aromatic rings. The SMILES string of the molecule is CC1CCn2ncc(-c3[nH]ncc3N)c2N1C(=O)OC(C)(C)C. The van der Waals surface area contributed by atoms with Gasteiger partial charge in [0.2, 0.25) is 0 Å². The molecule has 0 radical (unpaired) electrons. The predicted octanol–water partition coefficient (Wildman–Crippen LogP) is 2.39. The second-order valence-corrected chi connectivity index (χ2v) is 6.79. The van der Waals surface area contributed by atoms with Crippen LogP contribution in [0.3, 0.4) is 0 Å². The van der Waals surface area contributed by atoms with Gasteiger partial charge in [-0.1, -0.05) is 0 Å². The number of aromatic nitrogens is 4. The van der Waals surface area contributed by atoms with Crippen LogP contribution in [0.5, 0.6) is 0 Å². The average molecular weight is 318 g/mol. The normalized spacial score (nSPS) is 17.9. The monoisotopic (exact) mass is 318 g/mol. The van der Waals surface area contributed by atoms with Gasteiger partial charge < -0.3 is 10.5 Å². The third-order valence-electron chi connectivity index (χ3n) is 3.77. The van der Waals surface area contributed by atoms with E-state index in [4.69, 9.17) is 10.5 Å². The molecule has 1 unspecified atom stereocenters. The predicted molar refractivity (Wildman–Crippen MR) is 87.0 cm³/mol. The number of amides is 1. The van der Waals surface area contributed by atoms with Crippen molar-refractivity contribution >= 4 is 17.6 Å². The molecule has 1 aliphatic heterocycles. The van der Waals surface area contributed by atoms with Gasteiger partial charge in [-0.15, -0.1) is 0 Å². The maximum absolute atomic E-state index is 12.7. The maximum Gasteiger partial charge on any atom is 0.416 e. The summed E-state index contributed by atoms with van der Waals surface area (Å²) in [5.41, 5.74) is 7.32. The average Bonchev–Trinajstić information content (AvgIpc) is 3.02. The molecule has 0 fully saturated rings. The third-order valence-corrected chi connectivity index (χ3v) is 3.77. The molecule has 1 aliphatic rings. The molecule has 23 heavy (non-hydrogen) atoms. The van der Waals surface area contributed by atoms with Crippen LogP contribution in [0.25, 0.3) is 11.3 Å². The standard InChI is InChI=1S/C15H22N6O2/c1-9-5-6-20-13(21(9)14(22)23-15(2,3)4)10(7-18-20)12-11(16)8-17-19-12/h7-9H,5-6,16H2,1-4H3,(H,17,19). The lowest BCUT2D eigenvalue weighted by molar-refractivity contribution is 0.0557. The lowest BCUT2D eigenvalue weighted by Gasteiger charge is -2.35. The largest absolute Gasteiger partial charge is 0.443 e. The van der Waals surface area contributed by atoms with Gasteiger partial charge in [0.1, 0.15) is 11.4 Å². The zero-order valence-corrected chi connectivity index (χ0v) is 13.8. The minimum atomic E-state index is -0.563. The van der Waals surface area contributed by atoms with Gasteiger partial charge in [-0.3, -0.25) is 10.00 Å². The highest BCUT2D eigenvalue weighted by molar-refractivity contribution is 5.94. The number of nitrogens with two attached hydrogens (primary N) is 1. The Labute approximate surface area is 134 Å². The third kappa shape index (κ3) is 2.76. The molecule has 0 bridgehead atoms. The van der Waals surface area contributed by atoms with Crippen molar-refractivity contribution in [1.29, 1.82) is 0 Å². The number of hydrogen-bond donors (Lipinski definition) is 2. The van der Waals surface area contributed by atoms with Crippen LogP contribution in [0, 0.1) is 0 Å². The highest BCUT2D eigenvalue weighted by Crippen LogP contribution is 2.37. The number of nitrogen functional groups attached to an aromatic ring is 1. The molecule has 3 heterocycles. The first-order valence-corrected chi connectivity index (χ1v) is 7.65. The second-order valence-electron chi connectivity index (χ2n) is 6.79. The first-order valence-electron chi connectivity index (χ1n) is 7.65. The van der Waals surface area contributed by atoms with E-state index in [1.165, 1.54) is 0 Å². The minimum absolute atomic E-state index is 0.0111. The van der Waals surface area contributed by atoms with E-state index in [2.05, 4.69) is 15.3 Å². The Hall–Kier alpha value is -2.51. The highest BCUT2D eigenvalue weighted by atomic mass is 16.6. The Morgan fingerprint density at radius 2 is 2.17 bits per heavy atom. The molecular formula is C15H22N6O2. The molecule has 0 spiro atoms. The van der Waals surface area contributed by atoms with Crippen molar-refractivity contribution in [3.05, 3.63) is 12.4 Å². The number of hydrogen-bond acceptors (Lipinski definition) is 5. The van der Waals surface area contributed by atoms with E-state index in [0.717, 1.165) is 18.5 Å². The molecule has 1 amide bonds. The first kappa shape index (κ1) is 15.4. The summed E-state index contributed by atoms with van der Waals surface area (Å²) in [5.74, 6) is 0.689. The fourth-order valence-corrected chi connectivity index (χ4v) is 2.71. The topological polar surface area (TPSA) is 102 Å². The van der Waals surface area contributed by atoms with Crippen molar-refractivity contribution in [3.63, 3.8) is 0 Å². The van der Waals surface area contributed by atoms with E-state index in [1.54, 1.807) is 22.0 Å². The molecule has 2 aromatic heterocycles. The molecule has 3 N–H and O–H groups in total. The number of nitrogens with zero attached hydrogens (tertiary/aromatic N) is 4. The fourth-order valence-electron chi connectivity index (χ4n) is 2.71. The molecule has 8 nitrogen and oxygen atoms in total. The fraction of sp³-hybridized carbons (Fsp3) is 0.533. The Morgan fingerprint density at radius 1 is 1.43 bits per heavy atom. The Bertz CT molecular complexity index is 727. The number of anilines is 2. The second kappa shape index (κ2) is 5.29. The van der Waals surface area contributed by atoms with E-state index >= 15 is 0 Å². The summed E-state index contributed by atoms with van der Waals surface area (Å²) in [6.45, 7) is 8.30. The summed E-state index contributed by atoms with van der Waals surface area (Å²) < 4.78 is 7.37. The van der Waals surface area contributed by atoms with Crippen LogP contribution in [-0.4, -0.2) is 37.7 Å². The van der Waals surface area contributed by atoms with Gasteiger partial charge in [-0.05, 0) is 34.1 Å². The molecular weight excluding hydrogens is 296 g/mol. The number of aromatic amines is 1. The van der Waals surface area contributed by atoms with Crippen molar-refractivity contribution in [2.24, 2.45) is 0 Å². The lowest BCUT2D eigenvalue weighted by Crippen LogP contribution is -2.46. The highest BCUT2D eigenvalue weighted by Gasteiger charge is 2.35. The first-order chi connectivity index (χ1) is 10.8. The zero-order chi connectivity index (χ0) is 16.8. The molecule has 0 aromatic carbocycles. The summed E-state index contributed by atoms with van der Waals surface area (Å²) in [6, 6.07) is 0.0111. The van der Waals surface area contributed by atoms with Crippen LogP contribution in [0.1, 0.15) is 34.1 Å². The molecule has 0 saturated heterocycles. The van der Waals surface area contributed by atoms with Crippen LogP contribution in [0.2, 0.25) is 0 Å². The number of fused-ring (bicyclic) bond motifs is 1. The van der Waals surface area contributed by atoms with Crippen LogP contribution in [0.4, 0.5) is 16.3 Å². The molecule has 3 rings (SSSR count). The van der Waals surface area contributed by atoms with Gasteiger partial charge in [0.15, 0.2) is 0 Å². The van der Waals surface area contributed by atoms with Crippen molar-refractivity contribution < 1.29 is 9.53 Å². The number of ether oxygens (including phenoxy) is 1. The number of H-pyrrole nitrogens is 1. The van der Waals surface area contributed by atoms with E-state index in [1.807, 2.05) is 27.7 Å². The molecule has 0 saturated carbocycles. The zero-order valence-electron chi connectivity index (χ0n) is 13.8. The number of rotatable bonds is 1. The summed E-state index contributed by atoms with van der Waals surface area (Å²) in [5, 5.41) is 11.2. The van der Waals surface area contributed by atoms with E-state index < -0.39 is 5.60 Å². The Morgan fingerprint density at radius 3 is 2.78 bits per heavy atom. The van der Waals surface area contributed by atoms with Crippen LogP contribution in [-0.2, 0) is 11.3 Å². The summed E-state index contributed by atoms with van der Waals surface area (Å²) >= 11 is 0. The van der Waals surface area contributed by atoms with Crippen molar-refractivity contribution in [1.82, 2.24) is 20.0 Å². The van der Waals surface area contributed by atoms with Crippen LogP contribution >= 0.6 is 0 Å². The van der Waals surface area contributed by atoms with Crippen molar-refractivity contribution in [2.75, 3.05) is 10.6 Å². The van der Waals surface area contributed by atoms with E-state index in [-0.39, 0.29) is 12.1 Å². The van der Waals surface area contributed by atoms with Gasteiger partial charge in [0.25, 0.3) is 0 Å².